The van der Waals surface area contributed by atoms with Crippen LogP contribution in [0.2, 0.25) is 5.02 Å². The van der Waals surface area contributed by atoms with E-state index < -0.39 is 5.82 Å². The zero-order valence-corrected chi connectivity index (χ0v) is 12.0. The van der Waals surface area contributed by atoms with Gasteiger partial charge in [-0.05, 0) is 30.2 Å². The van der Waals surface area contributed by atoms with Gasteiger partial charge in [0, 0.05) is 18.3 Å². The standard InChI is InChI=1S/C15H16ClFN2O/c1-2-4-11-7-10(9-18)8-14(19-11)20-13-6-3-5-12(16)15(13)17/h3,5-8H,2,4,9,18H2,1H3. The Bertz CT molecular complexity index is 604. The molecule has 0 unspecified atom stereocenters. The number of hydrogen-bond acceptors (Lipinski definition) is 3. The molecule has 3 nitrogen and oxygen atoms in total. The average Bonchev–Trinajstić information content (AvgIpc) is 2.44. The lowest BCUT2D eigenvalue weighted by Crippen LogP contribution is -2.02. The van der Waals surface area contributed by atoms with Crippen LogP contribution in [0.15, 0.2) is 30.3 Å². The van der Waals surface area contributed by atoms with Gasteiger partial charge in [0.15, 0.2) is 11.6 Å². The van der Waals surface area contributed by atoms with Crippen LogP contribution in [0.25, 0.3) is 0 Å². The Kier molecular flexibility index (Phi) is 4.93. The number of nitrogens with zero attached hydrogens (tertiary/aromatic N) is 1. The zero-order valence-electron chi connectivity index (χ0n) is 11.2. The molecule has 0 spiro atoms. The van der Waals surface area contributed by atoms with Crippen LogP contribution in [0.3, 0.4) is 0 Å². The second kappa shape index (κ2) is 6.68. The number of hydrogen-bond donors (Lipinski definition) is 1. The van der Waals surface area contributed by atoms with E-state index in [0.29, 0.717) is 12.4 Å². The Hall–Kier alpha value is -1.65. The third kappa shape index (κ3) is 3.46. The van der Waals surface area contributed by atoms with Crippen molar-refractivity contribution in [2.24, 2.45) is 5.73 Å². The van der Waals surface area contributed by atoms with Crippen molar-refractivity contribution in [1.82, 2.24) is 4.98 Å². The highest BCUT2D eigenvalue weighted by molar-refractivity contribution is 6.30. The first-order valence-electron chi connectivity index (χ1n) is 6.45. The third-order valence-electron chi connectivity index (χ3n) is 2.79. The van der Waals surface area contributed by atoms with Crippen molar-refractivity contribution in [3.63, 3.8) is 0 Å². The van der Waals surface area contributed by atoms with Gasteiger partial charge in [-0.3, -0.25) is 0 Å². The number of aryl methyl sites for hydroxylation is 1. The molecule has 5 heteroatoms. The SMILES string of the molecule is CCCc1cc(CN)cc(Oc2cccc(Cl)c2F)n1. The summed E-state index contributed by atoms with van der Waals surface area (Å²) < 4.78 is 19.3. The molecule has 0 aliphatic rings. The van der Waals surface area contributed by atoms with E-state index in [1.165, 1.54) is 12.1 Å². The predicted molar refractivity (Wildman–Crippen MR) is 77.6 cm³/mol. The smallest absolute Gasteiger partial charge is 0.219 e. The number of ether oxygens (including phenoxy) is 1. The summed E-state index contributed by atoms with van der Waals surface area (Å²) in [7, 11) is 0. The van der Waals surface area contributed by atoms with Crippen molar-refractivity contribution in [2.75, 3.05) is 0 Å². The molecule has 2 N–H and O–H groups in total. The molecule has 1 aromatic carbocycles. The van der Waals surface area contributed by atoms with Gasteiger partial charge in [0.2, 0.25) is 5.88 Å². The maximum atomic E-state index is 13.8. The normalized spacial score (nSPS) is 10.6. The molecule has 0 saturated heterocycles. The quantitative estimate of drug-likeness (QED) is 0.904. The molecule has 0 amide bonds. The summed E-state index contributed by atoms with van der Waals surface area (Å²) in [5.74, 6) is -0.203. The lowest BCUT2D eigenvalue weighted by Gasteiger charge is -2.10. The Morgan fingerprint density at radius 1 is 1.35 bits per heavy atom. The van der Waals surface area contributed by atoms with Crippen LogP contribution >= 0.6 is 11.6 Å². The first kappa shape index (κ1) is 14.8. The fourth-order valence-corrected chi connectivity index (χ4v) is 2.02. The Morgan fingerprint density at radius 2 is 2.15 bits per heavy atom. The van der Waals surface area contributed by atoms with Crippen molar-refractivity contribution < 1.29 is 9.13 Å². The van der Waals surface area contributed by atoms with E-state index in [1.807, 2.05) is 6.07 Å². The summed E-state index contributed by atoms with van der Waals surface area (Å²) >= 11 is 5.72. The lowest BCUT2D eigenvalue weighted by atomic mass is 10.1. The maximum absolute atomic E-state index is 13.8. The van der Waals surface area contributed by atoms with Crippen molar-refractivity contribution in [2.45, 2.75) is 26.3 Å². The van der Waals surface area contributed by atoms with Crippen LogP contribution in [0.5, 0.6) is 11.6 Å². The van der Waals surface area contributed by atoms with Gasteiger partial charge in [-0.25, -0.2) is 9.37 Å². The molecule has 0 aliphatic carbocycles. The summed E-state index contributed by atoms with van der Waals surface area (Å²) in [5.41, 5.74) is 7.44. The molecule has 0 atom stereocenters. The maximum Gasteiger partial charge on any atom is 0.219 e. The second-order valence-electron chi connectivity index (χ2n) is 4.41. The Labute approximate surface area is 122 Å². The van der Waals surface area contributed by atoms with E-state index in [2.05, 4.69) is 11.9 Å². The van der Waals surface area contributed by atoms with Crippen molar-refractivity contribution in [3.05, 3.63) is 52.4 Å². The fraction of sp³-hybridized carbons (Fsp3) is 0.267. The second-order valence-corrected chi connectivity index (χ2v) is 4.82. The highest BCUT2D eigenvalue weighted by atomic mass is 35.5. The zero-order chi connectivity index (χ0) is 14.5. The van der Waals surface area contributed by atoms with E-state index in [9.17, 15) is 4.39 Å². The van der Waals surface area contributed by atoms with Crippen molar-refractivity contribution in [1.29, 1.82) is 0 Å². The molecule has 106 valence electrons. The Balaban J connectivity index is 2.32. The molecular formula is C15H16ClFN2O. The minimum Gasteiger partial charge on any atom is -0.436 e. The van der Waals surface area contributed by atoms with Gasteiger partial charge in [0.25, 0.3) is 0 Å². The number of pyridine rings is 1. The van der Waals surface area contributed by atoms with E-state index in [-0.39, 0.29) is 10.8 Å². The molecule has 0 aliphatic heterocycles. The Morgan fingerprint density at radius 3 is 2.85 bits per heavy atom. The molecule has 1 heterocycles. The van der Waals surface area contributed by atoms with Gasteiger partial charge in [0.1, 0.15) is 0 Å². The predicted octanol–water partition coefficient (Wildman–Crippen LogP) is 4.08. The largest absolute Gasteiger partial charge is 0.436 e. The molecule has 2 rings (SSSR count). The van der Waals surface area contributed by atoms with E-state index >= 15 is 0 Å². The van der Waals surface area contributed by atoms with Crippen molar-refractivity contribution >= 4 is 11.6 Å². The first-order valence-corrected chi connectivity index (χ1v) is 6.83. The van der Waals surface area contributed by atoms with Gasteiger partial charge >= 0.3 is 0 Å². The highest BCUT2D eigenvalue weighted by Crippen LogP contribution is 2.28. The molecular weight excluding hydrogens is 279 g/mol. The average molecular weight is 295 g/mol. The molecule has 0 fully saturated rings. The molecule has 2 aromatic rings. The molecule has 0 bridgehead atoms. The van der Waals surface area contributed by atoms with Crippen molar-refractivity contribution in [3.8, 4) is 11.6 Å². The highest BCUT2D eigenvalue weighted by Gasteiger charge is 2.10. The number of nitrogens with two attached hydrogens (primary N) is 1. The van der Waals surface area contributed by atoms with Crippen LogP contribution in [-0.2, 0) is 13.0 Å². The number of aromatic nitrogens is 1. The lowest BCUT2D eigenvalue weighted by molar-refractivity contribution is 0.425. The molecule has 0 radical (unpaired) electrons. The van der Waals surface area contributed by atoms with Crippen LogP contribution in [0.4, 0.5) is 4.39 Å². The first-order chi connectivity index (χ1) is 9.63. The van der Waals surface area contributed by atoms with Gasteiger partial charge in [-0.1, -0.05) is 31.0 Å². The summed E-state index contributed by atoms with van der Waals surface area (Å²) in [4.78, 5) is 4.35. The van der Waals surface area contributed by atoms with Crippen LogP contribution in [0.1, 0.15) is 24.6 Å². The molecule has 1 aromatic heterocycles. The van der Waals surface area contributed by atoms with Gasteiger partial charge in [-0.15, -0.1) is 0 Å². The minimum absolute atomic E-state index is 0.0197. The number of halogens is 2. The fourth-order valence-electron chi connectivity index (χ4n) is 1.85. The van der Waals surface area contributed by atoms with Crippen LogP contribution in [0, 0.1) is 5.82 Å². The van der Waals surface area contributed by atoms with E-state index in [1.54, 1.807) is 12.1 Å². The van der Waals surface area contributed by atoms with E-state index in [4.69, 9.17) is 22.1 Å². The van der Waals surface area contributed by atoms with Crippen LogP contribution < -0.4 is 10.5 Å². The summed E-state index contributed by atoms with van der Waals surface area (Å²) in [5, 5.41) is 0.0197. The van der Waals surface area contributed by atoms with Crippen LogP contribution in [-0.4, -0.2) is 4.98 Å². The summed E-state index contributed by atoms with van der Waals surface area (Å²) in [6, 6.07) is 8.25. The monoisotopic (exact) mass is 294 g/mol. The number of benzene rings is 1. The minimum atomic E-state index is -0.592. The van der Waals surface area contributed by atoms with E-state index in [0.717, 1.165) is 24.1 Å². The van der Waals surface area contributed by atoms with Gasteiger partial charge < -0.3 is 10.5 Å². The molecule has 20 heavy (non-hydrogen) atoms. The topological polar surface area (TPSA) is 48.1 Å². The molecule has 0 saturated carbocycles. The van der Waals surface area contributed by atoms with Gasteiger partial charge in [-0.2, -0.15) is 0 Å². The summed E-state index contributed by atoms with van der Waals surface area (Å²) in [6.45, 7) is 2.45. The third-order valence-corrected chi connectivity index (χ3v) is 3.08. The summed E-state index contributed by atoms with van der Waals surface area (Å²) in [6.07, 6.45) is 1.79. The number of rotatable bonds is 5. The van der Waals surface area contributed by atoms with Gasteiger partial charge in [0.05, 0.1) is 5.02 Å².